The van der Waals surface area contributed by atoms with Crippen LogP contribution >= 0.6 is 0 Å². The number of pyridine rings is 1. The first kappa shape index (κ1) is 17.3. The normalized spacial score (nSPS) is 16.6. The molecule has 0 spiro atoms. The van der Waals surface area contributed by atoms with Crippen LogP contribution in [0.1, 0.15) is 24.2 Å². The van der Waals surface area contributed by atoms with E-state index in [1.807, 2.05) is 0 Å². The van der Waals surface area contributed by atoms with Crippen molar-refractivity contribution in [2.45, 2.75) is 12.8 Å². The molecule has 4 rings (SSSR count). The van der Waals surface area contributed by atoms with Gasteiger partial charge in [0.25, 0.3) is 0 Å². The Kier molecular flexibility index (Phi) is 4.06. The molecule has 6 nitrogen and oxygen atoms in total. The van der Waals surface area contributed by atoms with Crippen LogP contribution in [-0.4, -0.2) is 4.98 Å². The van der Waals surface area contributed by atoms with E-state index in [-0.39, 0.29) is 5.82 Å². The van der Waals surface area contributed by atoms with Gasteiger partial charge in [0.1, 0.15) is 23.0 Å². The molecule has 0 saturated carbocycles. The van der Waals surface area contributed by atoms with Gasteiger partial charge in [-0.3, -0.25) is 0 Å². The Bertz CT molecular complexity index is 1240. The van der Waals surface area contributed by atoms with Crippen LogP contribution in [0.4, 0.5) is 10.2 Å². The predicted molar refractivity (Wildman–Crippen MR) is 102 cm³/mol. The lowest BCUT2D eigenvalue weighted by atomic mass is 9.83. The Morgan fingerprint density at radius 2 is 1.86 bits per heavy atom. The lowest BCUT2D eigenvalue weighted by molar-refractivity contribution is 0.538. The second kappa shape index (κ2) is 6.57. The van der Waals surface area contributed by atoms with Gasteiger partial charge >= 0.3 is 0 Å². The highest BCUT2D eigenvalue weighted by atomic mass is 19.1. The Hall–Kier alpha value is -4.10. The molecule has 0 bridgehead atoms. The number of nitrogens with two attached hydrogens (primary N) is 1. The molecular formula is C21H14FN5O. The third-order valence-corrected chi connectivity index (χ3v) is 4.72. The number of fused-ring (bicyclic) bond motifs is 1. The molecule has 0 fully saturated rings. The fourth-order valence-corrected chi connectivity index (χ4v) is 3.37. The summed E-state index contributed by atoms with van der Waals surface area (Å²) in [7, 11) is 0. The van der Waals surface area contributed by atoms with Crippen molar-refractivity contribution >= 4 is 22.5 Å². The van der Waals surface area contributed by atoms with E-state index in [0.717, 1.165) is 0 Å². The van der Waals surface area contributed by atoms with Crippen LogP contribution in [0.3, 0.4) is 0 Å². The molecule has 3 heterocycles. The average molecular weight is 371 g/mol. The third-order valence-electron chi connectivity index (χ3n) is 4.72. The van der Waals surface area contributed by atoms with Crippen molar-refractivity contribution in [3.8, 4) is 12.1 Å². The highest BCUT2D eigenvalue weighted by molar-refractivity contribution is 5.88. The molecule has 3 N–H and O–H groups in total. The summed E-state index contributed by atoms with van der Waals surface area (Å²) < 4.78 is 19.3. The summed E-state index contributed by atoms with van der Waals surface area (Å²) in [6, 6.07) is 13.5. The maximum absolute atomic E-state index is 13.3. The highest BCUT2D eigenvalue weighted by Crippen LogP contribution is 2.42. The smallest absolute Gasteiger partial charge is 0.139 e. The highest BCUT2D eigenvalue weighted by Gasteiger charge is 2.34. The van der Waals surface area contributed by atoms with Gasteiger partial charge in [0.15, 0.2) is 0 Å². The van der Waals surface area contributed by atoms with Crippen molar-refractivity contribution in [2.24, 2.45) is 0 Å². The zero-order chi connectivity index (χ0) is 19.8. The molecule has 0 saturated heterocycles. The third kappa shape index (κ3) is 2.67. The Morgan fingerprint density at radius 1 is 1.14 bits per heavy atom. The Balaban J connectivity index is 1.95. The summed E-state index contributed by atoms with van der Waals surface area (Å²) in [6.07, 6.45) is 1.53. The minimum Gasteiger partial charge on any atom is -0.460 e. The molecule has 1 aliphatic rings. The van der Waals surface area contributed by atoms with Gasteiger partial charge in [0.2, 0.25) is 0 Å². The molecule has 7 heteroatoms. The number of hydrogen-bond acceptors (Lipinski definition) is 6. The predicted octanol–water partition coefficient (Wildman–Crippen LogP) is 3.97. The van der Waals surface area contributed by atoms with E-state index in [9.17, 15) is 14.9 Å². The number of furan rings is 1. The van der Waals surface area contributed by atoms with Crippen LogP contribution in [0.2, 0.25) is 0 Å². The molecular weight excluding hydrogens is 357 g/mol. The van der Waals surface area contributed by atoms with Crippen molar-refractivity contribution in [1.82, 2.24) is 10.3 Å². The van der Waals surface area contributed by atoms with Gasteiger partial charge in [-0.05, 0) is 48.9 Å². The number of nitriles is 2. The molecule has 136 valence electrons. The first-order valence-electron chi connectivity index (χ1n) is 8.45. The summed E-state index contributed by atoms with van der Waals surface area (Å²) in [5, 5.41) is 23.4. The fourth-order valence-electron chi connectivity index (χ4n) is 3.37. The van der Waals surface area contributed by atoms with Crippen LogP contribution in [-0.2, 0) is 0 Å². The molecule has 0 aliphatic carbocycles. The van der Waals surface area contributed by atoms with Crippen molar-refractivity contribution in [3.63, 3.8) is 0 Å². The largest absolute Gasteiger partial charge is 0.460 e. The van der Waals surface area contributed by atoms with Crippen LogP contribution in [0.15, 0.2) is 63.9 Å². The zero-order valence-corrected chi connectivity index (χ0v) is 14.8. The number of nitrogens with zero attached hydrogens (tertiary/aromatic N) is 3. The van der Waals surface area contributed by atoms with Gasteiger partial charge in [-0.1, -0.05) is 0 Å². The van der Waals surface area contributed by atoms with Gasteiger partial charge in [-0.2, -0.15) is 10.5 Å². The van der Waals surface area contributed by atoms with E-state index in [1.165, 1.54) is 18.3 Å². The Morgan fingerprint density at radius 3 is 2.50 bits per heavy atom. The summed E-state index contributed by atoms with van der Waals surface area (Å²) in [5.74, 6) is -0.353. The summed E-state index contributed by atoms with van der Waals surface area (Å²) in [5.41, 5.74) is 8.86. The molecule has 1 unspecified atom stereocenters. The molecule has 2 aromatic heterocycles. The van der Waals surface area contributed by atoms with E-state index < -0.39 is 5.92 Å². The topological polar surface area (TPSA) is 112 Å². The number of allylic oxidation sites excluding steroid dienone is 3. The molecule has 1 atom stereocenters. The van der Waals surface area contributed by atoms with E-state index in [0.29, 0.717) is 50.7 Å². The van der Waals surface area contributed by atoms with Crippen molar-refractivity contribution in [1.29, 1.82) is 10.5 Å². The number of halogens is 1. The number of anilines is 1. The van der Waals surface area contributed by atoms with Crippen LogP contribution in [0.5, 0.6) is 0 Å². The van der Waals surface area contributed by atoms with Gasteiger partial charge in [-0.15, -0.1) is 0 Å². The molecule has 3 aromatic rings. The van der Waals surface area contributed by atoms with Crippen molar-refractivity contribution in [2.75, 3.05) is 5.73 Å². The quantitative estimate of drug-likeness (QED) is 0.705. The summed E-state index contributed by atoms with van der Waals surface area (Å²) >= 11 is 0. The van der Waals surface area contributed by atoms with E-state index in [4.69, 9.17) is 10.2 Å². The summed E-state index contributed by atoms with van der Waals surface area (Å²) in [4.78, 5) is 4.05. The molecule has 1 aliphatic heterocycles. The second-order valence-corrected chi connectivity index (χ2v) is 6.37. The zero-order valence-electron chi connectivity index (χ0n) is 14.8. The Labute approximate surface area is 160 Å². The number of dihydropyridines is 1. The number of nitrogen functional groups attached to an aromatic ring is 1. The standard InChI is InChI=1S/C21H14FN5O/c1-11-15(9-23)19(18-8-14-17(28-18)6-7-26-21(14)25)16(10-24)20(27-11)12-2-4-13(22)5-3-12/h2-8,19,27H,1H3,(H2,25,26). The minimum atomic E-state index is -0.705. The maximum Gasteiger partial charge on any atom is 0.139 e. The van der Waals surface area contributed by atoms with Crippen molar-refractivity contribution < 1.29 is 8.81 Å². The number of nitrogens with one attached hydrogen (secondary N) is 1. The maximum atomic E-state index is 13.3. The monoisotopic (exact) mass is 371 g/mol. The van der Waals surface area contributed by atoms with Gasteiger partial charge < -0.3 is 15.5 Å². The lowest BCUT2D eigenvalue weighted by Crippen LogP contribution is -2.23. The second-order valence-electron chi connectivity index (χ2n) is 6.37. The molecule has 0 radical (unpaired) electrons. The number of hydrogen-bond donors (Lipinski definition) is 2. The van der Waals surface area contributed by atoms with Crippen LogP contribution in [0, 0.1) is 28.5 Å². The fraction of sp³-hybridized carbons (Fsp3) is 0.0952. The van der Waals surface area contributed by atoms with Crippen LogP contribution < -0.4 is 11.1 Å². The van der Waals surface area contributed by atoms with E-state index in [1.54, 1.807) is 31.2 Å². The van der Waals surface area contributed by atoms with Crippen LogP contribution in [0.25, 0.3) is 16.7 Å². The van der Waals surface area contributed by atoms with E-state index >= 15 is 0 Å². The van der Waals surface area contributed by atoms with Gasteiger partial charge in [-0.25, -0.2) is 9.37 Å². The lowest BCUT2D eigenvalue weighted by Gasteiger charge is -2.26. The number of benzene rings is 1. The molecule has 1 aromatic carbocycles. The SMILES string of the molecule is CC1=C(C#N)C(c2cc3c(N)nccc3o2)C(C#N)=C(c2ccc(F)cc2)N1. The summed E-state index contributed by atoms with van der Waals surface area (Å²) in [6.45, 7) is 1.75. The average Bonchev–Trinajstić information content (AvgIpc) is 3.13. The molecule has 0 amide bonds. The van der Waals surface area contributed by atoms with E-state index in [2.05, 4.69) is 22.4 Å². The first-order valence-corrected chi connectivity index (χ1v) is 8.45. The number of rotatable bonds is 2. The first-order chi connectivity index (χ1) is 13.5. The molecule has 28 heavy (non-hydrogen) atoms. The van der Waals surface area contributed by atoms with Crippen molar-refractivity contribution in [3.05, 3.63) is 76.6 Å². The van der Waals surface area contributed by atoms with Gasteiger partial charge in [0.05, 0.1) is 40.3 Å². The minimum absolute atomic E-state index is 0.305. The number of aromatic nitrogens is 1. The van der Waals surface area contributed by atoms with Gasteiger partial charge in [0, 0.05) is 11.9 Å².